The van der Waals surface area contributed by atoms with Crippen molar-refractivity contribution < 1.29 is 14.3 Å². The Labute approximate surface area is 211 Å². The number of methoxy groups -OCH3 is 1. The molecule has 0 aliphatic heterocycles. The van der Waals surface area contributed by atoms with Crippen molar-refractivity contribution in [3.05, 3.63) is 126 Å². The van der Waals surface area contributed by atoms with Gasteiger partial charge < -0.3 is 15.0 Å². The number of ether oxygens (including phenoxy) is 1. The number of carbonyl (C=O) groups is 2. The molecule has 0 saturated heterocycles. The van der Waals surface area contributed by atoms with Crippen LogP contribution in [0.2, 0.25) is 0 Å². The summed E-state index contributed by atoms with van der Waals surface area (Å²) in [4.78, 5) is 26.8. The van der Waals surface area contributed by atoms with Crippen molar-refractivity contribution in [2.24, 2.45) is 0 Å². The van der Waals surface area contributed by atoms with Crippen LogP contribution >= 0.6 is 0 Å². The maximum Gasteiger partial charge on any atom is 0.330 e. The number of anilines is 2. The highest BCUT2D eigenvalue weighted by Gasteiger charge is 2.18. The van der Waals surface area contributed by atoms with Gasteiger partial charge in [-0.15, -0.1) is 0 Å². The first-order valence-electron chi connectivity index (χ1n) is 11.7. The maximum absolute atomic E-state index is 13.6. The van der Waals surface area contributed by atoms with Crippen molar-refractivity contribution >= 4 is 29.3 Å². The van der Waals surface area contributed by atoms with E-state index in [9.17, 15) is 9.59 Å². The van der Waals surface area contributed by atoms with Crippen LogP contribution in [0.4, 0.5) is 11.4 Å². The molecule has 0 spiro atoms. The Morgan fingerprint density at radius 3 is 2.14 bits per heavy atom. The zero-order valence-corrected chi connectivity index (χ0v) is 20.3. The molecule has 1 N–H and O–H groups in total. The number of hydrogen-bond donors (Lipinski definition) is 1. The molecule has 0 saturated carbocycles. The second kappa shape index (κ2) is 11.7. The molecule has 180 valence electrons. The van der Waals surface area contributed by atoms with E-state index >= 15 is 0 Å². The number of nitrogens with one attached hydrogen (secondary N) is 1. The van der Waals surface area contributed by atoms with E-state index in [1.807, 2.05) is 85.9 Å². The number of esters is 1. The lowest BCUT2D eigenvalue weighted by molar-refractivity contribution is -0.134. The summed E-state index contributed by atoms with van der Waals surface area (Å²) in [6.07, 6.45) is 3.04. The van der Waals surface area contributed by atoms with E-state index in [0.717, 1.165) is 33.6 Å². The van der Waals surface area contributed by atoms with Crippen molar-refractivity contribution in [1.82, 2.24) is 0 Å². The van der Waals surface area contributed by atoms with Crippen molar-refractivity contribution in [2.45, 2.75) is 6.54 Å². The first kappa shape index (κ1) is 24.5. The standard InChI is InChI=1S/C31H28N2O3/c1-32-28-18-16-26(17-19-28)25-14-11-24(12-15-25)22-33(31(35)27-8-4-3-5-9-27)29-10-6-7-23(21-29)13-20-30(34)36-2/h3-21,32H,22H2,1-2H3/b20-13+. The van der Waals surface area contributed by atoms with Crippen LogP contribution in [0.1, 0.15) is 21.5 Å². The molecule has 0 aromatic heterocycles. The van der Waals surface area contributed by atoms with E-state index in [1.165, 1.54) is 13.2 Å². The zero-order chi connectivity index (χ0) is 25.3. The Hall–Kier alpha value is -4.64. The molecule has 36 heavy (non-hydrogen) atoms. The number of rotatable bonds is 8. The number of nitrogens with zero attached hydrogens (tertiary/aromatic N) is 1. The fraction of sp³-hybridized carbons (Fsp3) is 0.0968. The van der Waals surface area contributed by atoms with Crippen LogP contribution in [0.5, 0.6) is 0 Å². The monoisotopic (exact) mass is 476 g/mol. The van der Waals surface area contributed by atoms with Gasteiger partial charge in [0.05, 0.1) is 13.7 Å². The minimum absolute atomic E-state index is 0.101. The van der Waals surface area contributed by atoms with E-state index in [2.05, 4.69) is 34.3 Å². The normalized spacial score (nSPS) is 10.7. The van der Waals surface area contributed by atoms with Gasteiger partial charge in [-0.2, -0.15) is 0 Å². The van der Waals surface area contributed by atoms with Gasteiger partial charge in [0.15, 0.2) is 0 Å². The van der Waals surface area contributed by atoms with Crippen LogP contribution in [0.15, 0.2) is 109 Å². The van der Waals surface area contributed by atoms with Crippen molar-refractivity contribution in [3.8, 4) is 11.1 Å². The van der Waals surface area contributed by atoms with Crippen LogP contribution in [0.25, 0.3) is 17.2 Å². The maximum atomic E-state index is 13.6. The van der Waals surface area contributed by atoms with Gasteiger partial charge in [0, 0.05) is 30.1 Å². The number of benzene rings is 4. The Morgan fingerprint density at radius 2 is 1.50 bits per heavy atom. The lowest BCUT2D eigenvalue weighted by Crippen LogP contribution is -2.30. The van der Waals surface area contributed by atoms with Gasteiger partial charge >= 0.3 is 5.97 Å². The predicted octanol–water partition coefficient (Wildman–Crippen LogP) is 6.43. The van der Waals surface area contributed by atoms with Crippen LogP contribution < -0.4 is 10.2 Å². The summed E-state index contributed by atoms with van der Waals surface area (Å²) < 4.78 is 4.68. The Kier molecular flexibility index (Phi) is 7.94. The summed E-state index contributed by atoms with van der Waals surface area (Å²) in [5.74, 6) is -0.533. The van der Waals surface area contributed by atoms with Gasteiger partial charge in [-0.1, -0.05) is 66.7 Å². The molecule has 0 aliphatic rings. The highest BCUT2D eigenvalue weighted by Crippen LogP contribution is 2.25. The van der Waals surface area contributed by atoms with Crippen molar-refractivity contribution in [3.63, 3.8) is 0 Å². The molecular formula is C31H28N2O3. The highest BCUT2D eigenvalue weighted by molar-refractivity contribution is 6.06. The molecule has 4 aromatic carbocycles. The van der Waals surface area contributed by atoms with E-state index in [1.54, 1.807) is 11.0 Å². The summed E-state index contributed by atoms with van der Waals surface area (Å²) in [5, 5.41) is 3.13. The lowest BCUT2D eigenvalue weighted by atomic mass is 10.0. The van der Waals surface area contributed by atoms with Gasteiger partial charge in [0.2, 0.25) is 0 Å². The molecule has 5 nitrogen and oxygen atoms in total. The largest absolute Gasteiger partial charge is 0.466 e. The molecule has 0 atom stereocenters. The van der Waals surface area contributed by atoms with E-state index in [0.29, 0.717) is 12.1 Å². The van der Waals surface area contributed by atoms with Crippen LogP contribution in [0.3, 0.4) is 0 Å². The molecule has 5 heteroatoms. The quantitative estimate of drug-likeness (QED) is 0.235. The molecule has 0 bridgehead atoms. The zero-order valence-electron chi connectivity index (χ0n) is 20.3. The summed E-state index contributed by atoms with van der Waals surface area (Å²) >= 11 is 0. The Morgan fingerprint density at radius 1 is 0.833 bits per heavy atom. The fourth-order valence-corrected chi connectivity index (χ4v) is 3.86. The van der Waals surface area contributed by atoms with Crippen molar-refractivity contribution in [1.29, 1.82) is 0 Å². The number of carbonyl (C=O) groups excluding carboxylic acids is 2. The van der Waals surface area contributed by atoms with Gasteiger partial charge in [0.25, 0.3) is 5.91 Å². The molecule has 4 rings (SSSR count). The van der Waals surface area contributed by atoms with Gasteiger partial charge in [-0.3, -0.25) is 4.79 Å². The molecule has 1 amide bonds. The van der Waals surface area contributed by atoms with Crippen LogP contribution in [-0.2, 0) is 16.1 Å². The summed E-state index contributed by atoms with van der Waals surface area (Å²) in [7, 11) is 3.24. The molecule has 0 aliphatic carbocycles. The first-order valence-corrected chi connectivity index (χ1v) is 11.7. The second-order valence-corrected chi connectivity index (χ2v) is 8.23. The number of amides is 1. The molecule has 0 radical (unpaired) electrons. The van der Waals surface area contributed by atoms with Crippen molar-refractivity contribution in [2.75, 3.05) is 24.4 Å². The third-order valence-corrected chi connectivity index (χ3v) is 5.86. The van der Waals surface area contributed by atoms with Gasteiger partial charge in [-0.05, 0) is 64.7 Å². The summed E-state index contributed by atoms with van der Waals surface area (Å²) in [6.45, 7) is 0.400. The summed E-state index contributed by atoms with van der Waals surface area (Å²) in [6, 6.07) is 33.3. The van der Waals surface area contributed by atoms with E-state index < -0.39 is 5.97 Å². The molecule has 0 unspecified atom stereocenters. The van der Waals surface area contributed by atoms with Gasteiger partial charge in [0.1, 0.15) is 0 Å². The molecular weight excluding hydrogens is 448 g/mol. The van der Waals surface area contributed by atoms with Gasteiger partial charge in [-0.25, -0.2) is 4.79 Å². The third-order valence-electron chi connectivity index (χ3n) is 5.86. The molecule has 0 heterocycles. The highest BCUT2D eigenvalue weighted by atomic mass is 16.5. The fourth-order valence-electron chi connectivity index (χ4n) is 3.86. The Balaban J connectivity index is 1.63. The smallest absolute Gasteiger partial charge is 0.330 e. The predicted molar refractivity (Wildman–Crippen MR) is 146 cm³/mol. The summed E-state index contributed by atoms with van der Waals surface area (Å²) in [5.41, 5.74) is 6.45. The average molecular weight is 477 g/mol. The second-order valence-electron chi connectivity index (χ2n) is 8.23. The molecule has 0 fully saturated rings. The topological polar surface area (TPSA) is 58.6 Å². The minimum atomic E-state index is -0.432. The van der Waals surface area contributed by atoms with E-state index in [-0.39, 0.29) is 5.91 Å². The van der Waals surface area contributed by atoms with E-state index in [4.69, 9.17) is 0 Å². The number of hydrogen-bond acceptors (Lipinski definition) is 4. The lowest BCUT2D eigenvalue weighted by Gasteiger charge is -2.24. The minimum Gasteiger partial charge on any atom is -0.466 e. The molecule has 4 aromatic rings. The van der Waals surface area contributed by atoms with Crippen LogP contribution in [-0.4, -0.2) is 26.0 Å². The SMILES string of the molecule is CNc1ccc(-c2ccc(CN(C(=O)c3ccccc3)c3cccc(/C=C/C(=O)OC)c3)cc2)cc1. The first-order chi connectivity index (χ1) is 17.6. The average Bonchev–Trinajstić information content (AvgIpc) is 2.95. The third kappa shape index (κ3) is 6.07. The Bertz CT molecular complexity index is 1340. The van der Waals surface area contributed by atoms with Crippen LogP contribution in [0, 0.1) is 0 Å².